The predicted molar refractivity (Wildman–Crippen MR) is 54.7 cm³/mol. The predicted octanol–water partition coefficient (Wildman–Crippen LogP) is 2.44. The number of nitrogens with one attached hydrogen (secondary N) is 1. The minimum atomic E-state index is 0.518. The molecule has 0 bridgehead atoms. The molecule has 0 radical (unpaired) electrons. The van der Waals surface area contributed by atoms with Crippen molar-refractivity contribution in [3.05, 3.63) is 0 Å². The van der Waals surface area contributed by atoms with Gasteiger partial charge in [-0.05, 0) is 18.8 Å². The minimum absolute atomic E-state index is 0.518. The van der Waals surface area contributed by atoms with Gasteiger partial charge in [-0.25, -0.2) is 0 Å². The average molecular weight is 172 g/mol. The van der Waals surface area contributed by atoms with Gasteiger partial charge in [-0.3, -0.25) is 11.3 Å². The van der Waals surface area contributed by atoms with E-state index >= 15 is 0 Å². The summed E-state index contributed by atoms with van der Waals surface area (Å²) < 4.78 is 0. The van der Waals surface area contributed by atoms with Crippen LogP contribution in [0.4, 0.5) is 0 Å². The zero-order valence-electron chi connectivity index (χ0n) is 8.77. The monoisotopic (exact) mass is 172 g/mol. The first-order valence-corrected chi connectivity index (χ1v) is 5.22. The average Bonchev–Trinajstić information content (AvgIpc) is 2.06. The molecule has 0 rings (SSSR count). The van der Waals surface area contributed by atoms with Gasteiger partial charge in [-0.2, -0.15) is 0 Å². The molecule has 2 unspecified atom stereocenters. The van der Waals surface area contributed by atoms with Crippen molar-refractivity contribution in [2.24, 2.45) is 11.8 Å². The van der Waals surface area contributed by atoms with E-state index < -0.39 is 0 Å². The summed E-state index contributed by atoms with van der Waals surface area (Å²) in [4.78, 5) is 0. The van der Waals surface area contributed by atoms with E-state index in [1.54, 1.807) is 0 Å². The summed E-state index contributed by atoms with van der Waals surface area (Å²) in [7, 11) is 0. The van der Waals surface area contributed by atoms with Crippen LogP contribution in [0.3, 0.4) is 0 Å². The Kier molecular flexibility index (Phi) is 7.51. The number of hydrogen-bond acceptors (Lipinski definition) is 2. The molecule has 0 aromatic heterocycles. The highest BCUT2D eigenvalue weighted by Crippen LogP contribution is 2.14. The maximum Gasteiger partial charge on any atom is 0.0236 e. The lowest BCUT2D eigenvalue weighted by atomic mass is 9.93. The first-order valence-electron chi connectivity index (χ1n) is 5.22. The van der Waals surface area contributed by atoms with Gasteiger partial charge in [0.2, 0.25) is 0 Å². The molecule has 0 saturated carbocycles. The molecule has 0 heterocycles. The van der Waals surface area contributed by atoms with Gasteiger partial charge >= 0.3 is 0 Å². The Balaban J connectivity index is 3.62. The fourth-order valence-corrected chi connectivity index (χ4v) is 1.61. The van der Waals surface area contributed by atoms with Gasteiger partial charge in [0.25, 0.3) is 0 Å². The fraction of sp³-hybridized carbons (Fsp3) is 1.00. The highest BCUT2D eigenvalue weighted by atomic mass is 15.2. The second kappa shape index (κ2) is 7.56. The van der Waals surface area contributed by atoms with Crippen molar-refractivity contribution >= 4 is 0 Å². The molecule has 0 amide bonds. The van der Waals surface area contributed by atoms with Crippen LogP contribution in [0.5, 0.6) is 0 Å². The molecule has 2 nitrogen and oxygen atoms in total. The molecular weight excluding hydrogens is 148 g/mol. The molecule has 0 aliphatic rings. The normalized spacial score (nSPS) is 16.0. The zero-order valence-corrected chi connectivity index (χ0v) is 8.77. The minimum Gasteiger partial charge on any atom is -0.271 e. The van der Waals surface area contributed by atoms with E-state index in [1.165, 1.54) is 32.1 Å². The van der Waals surface area contributed by atoms with Crippen LogP contribution in [-0.2, 0) is 0 Å². The Morgan fingerprint density at radius 1 is 1.17 bits per heavy atom. The Bertz CT molecular complexity index is 93.8. The third kappa shape index (κ3) is 4.73. The molecule has 2 heteroatoms. The summed E-state index contributed by atoms with van der Waals surface area (Å²) in [5, 5.41) is 0. The number of hydrazine groups is 1. The van der Waals surface area contributed by atoms with Crippen molar-refractivity contribution in [2.45, 2.75) is 58.9 Å². The van der Waals surface area contributed by atoms with Crippen molar-refractivity contribution in [1.29, 1.82) is 0 Å². The quantitative estimate of drug-likeness (QED) is 0.457. The molecule has 0 aromatic carbocycles. The largest absolute Gasteiger partial charge is 0.271 e. The van der Waals surface area contributed by atoms with Crippen LogP contribution in [0, 0.1) is 5.92 Å². The van der Waals surface area contributed by atoms with Crippen LogP contribution in [0.2, 0.25) is 0 Å². The molecule has 2 atom stereocenters. The molecular formula is C10H24N2. The van der Waals surface area contributed by atoms with Crippen molar-refractivity contribution < 1.29 is 0 Å². The van der Waals surface area contributed by atoms with E-state index in [9.17, 15) is 0 Å². The summed E-state index contributed by atoms with van der Waals surface area (Å²) in [5.74, 6) is 6.21. The lowest BCUT2D eigenvalue weighted by Gasteiger charge is -2.22. The Morgan fingerprint density at radius 3 is 2.25 bits per heavy atom. The molecule has 74 valence electrons. The van der Waals surface area contributed by atoms with Crippen LogP contribution in [0.15, 0.2) is 0 Å². The van der Waals surface area contributed by atoms with Crippen molar-refractivity contribution in [1.82, 2.24) is 5.43 Å². The van der Waals surface area contributed by atoms with Crippen molar-refractivity contribution in [2.75, 3.05) is 0 Å². The smallest absolute Gasteiger partial charge is 0.0236 e. The first kappa shape index (κ1) is 11.9. The van der Waals surface area contributed by atoms with E-state index in [0.29, 0.717) is 12.0 Å². The van der Waals surface area contributed by atoms with E-state index in [4.69, 9.17) is 5.84 Å². The Labute approximate surface area is 76.9 Å². The fourth-order valence-electron chi connectivity index (χ4n) is 1.61. The standard InChI is InChI=1S/C10H24N2/c1-4-6-8-10(12-11)9(3)7-5-2/h9-10,12H,4-8,11H2,1-3H3. The highest BCUT2D eigenvalue weighted by Gasteiger charge is 2.13. The summed E-state index contributed by atoms with van der Waals surface area (Å²) >= 11 is 0. The van der Waals surface area contributed by atoms with Gasteiger partial charge < -0.3 is 0 Å². The molecule has 0 fully saturated rings. The van der Waals surface area contributed by atoms with E-state index in [-0.39, 0.29) is 0 Å². The Hall–Kier alpha value is -0.0800. The number of hydrogen-bond donors (Lipinski definition) is 2. The number of unbranched alkanes of at least 4 members (excludes halogenated alkanes) is 1. The second-order valence-electron chi connectivity index (χ2n) is 3.68. The van der Waals surface area contributed by atoms with Crippen LogP contribution in [0.25, 0.3) is 0 Å². The van der Waals surface area contributed by atoms with Gasteiger partial charge in [-0.1, -0.05) is 40.0 Å². The third-order valence-corrected chi connectivity index (χ3v) is 2.51. The van der Waals surface area contributed by atoms with Crippen LogP contribution in [0.1, 0.15) is 52.9 Å². The van der Waals surface area contributed by atoms with Crippen LogP contribution >= 0.6 is 0 Å². The lowest BCUT2D eigenvalue weighted by molar-refractivity contribution is 0.334. The molecule has 12 heavy (non-hydrogen) atoms. The summed E-state index contributed by atoms with van der Waals surface area (Å²) in [5.41, 5.74) is 2.92. The maximum atomic E-state index is 5.49. The maximum absolute atomic E-state index is 5.49. The van der Waals surface area contributed by atoms with E-state index in [1.807, 2.05) is 0 Å². The van der Waals surface area contributed by atoms with E-state index in [2.05, 4.69) is 26.2 Å². The summed E-state index contributed by atoms with van der Waals surface area (Å²) in [6, 6.07) is 0.518. The molecule has 0 aliphatic carbocycles. The third-order valence-electron chi connectivity index (χ3n) is 2.51. The second-order valence-corrected chi connectivity index (χ2v) is 3.68. The first-order chi connectivity index (χ1) is 5.76. The van der Waals surface area contributed by atoms with Gasteiger partial charge in [0.1, 0.15) is 0 Å². The van der Waals surface area contributed by atoms with Crippen LogP contribution in [-0.4, -0.2) is 6.04 Å². The lowest BCUT2D eigenvalue weighted by Crippen LogP contribution is -2.39. The van der Waals surface area contributed by atoms with Crippen LogP contribution < -0.4 is 11.3 Å². The topological polar surface area (TPSA) is 38.0 Å². The van der Waals surface area contributed by atoms with Gasteiger partial charge in [0.05, 0.1) is 0 Å². The van der Waals surface area contributed by atoms with Crippen molar-refractivity contribution in [3.8, 4) is 0 Å². The molecule has 3 N–H and O–H groups in total. The number of rotatable bonds is 7. The SMILES string of the molecule is CCCCC(NN)C(C)CCC. The molecule has 0 aliphatic heterocycles. The van der Waals surface area contributed by atoms with E-state index in [0.717, 1.165) is 0 Å². The molecule has 0 aromatic rings. The molecule has 0 spiro atoms. The van der Waals surface area contributed by atoms with Gasteiger partial charge in [0, 0.05) is 6.04 Å². The highest BCUT2D eigenvalue weighted by molar-refractivity contribution is 4.70. The zero-order chi connectivity index (χ0) is 9.40. The summed E-state index contributed by atoms with van der Waals surface area (Å²) in [6.07, 6.45) is 6.29. The Morgan fingerprint density at radius 2 is 1.83 bits per heavy atom. The van der Waals surface area contributed by atoms with Crippen molar-refractivity contribution in [3.63, 3.8) is 0 Å². The van der Waals surface area contributed by atoms with Gasteiger partial charge in [-0.15, -0.1) is 0 Å². The van der Waals surface area contributed by atoms with Gasteiger partial charge in [0.15, 0.2) is 0 Å². The molecule has 0 saturated heterocycles. The summed E-state index contributed by atoms with van der Waals surface area (Å²) in [6.45, 7) is 6.73. The number of nitrogens with two attached hydrogens (primary N) is 1.